The normalized spacial score (nSPS) is 12.4. The number of esters is 3. The van der Waals surface area contributed by atoms with E-state index >= 15 is 0 Å². The molecule has 0 aromatic heterocycles. The number of allylic oxidation sites excluding steroid dienone is 10. The molecule has 6 heteroatoms. The van der Waals surface area contributed by atoms with Crippen LogP contribution < -0.4 is 0 Å². The Kier molecular flexibility index (Phi) is 68.1. The van der Waals surface area contributed by atoms with Crippen LogP contribution in [0.25, 0.3) is 0 Å². The highest BCUT2D eigenvalue weighted by Crippen LogP contribution is 2.18. The molecule has 0 fully saturated rings. The van der Waals surface area contributed by atoms with Crippen molar-refractivity contribution in [2.45, 2.75) is 393 Å². The molecule has 0 aromatic carbocycles. The fourth-order valence-corrected chi connectivity index (χ4v) is 10.8. The predicted octanol–water partition coefficient (Wildman–Crippen LogP) is 25.1. The molecule has 0 saturated carbocycles. The summed E-state index contributed by atoms with van der Waals surface area (Å²) < 4.78 is 17.0. The van der Waals surface area contributed by atoms with Crippen LogP contribution in [0.2, 0.25) is 0 Å². The second-order valence-electron chi connectivity index (χ2n) is 24.5. The molecule has 0 aliphatic rings. The van der Waals surface area contributed by atoms with Crippen LogP contribution in [0, 0.1) is 0 Å². The molecule has 6 nitrogen and oxygen atoms in total. The Balaban J connectivity index is 4.24. The lowest BCUT2D eigenvalue weighted by atomic mass is 10.0. The lowest BCUT2D eigenvalue weighted by molar-refractivity contribution is -0.167. The topological polar surface area (TPSA) is 78.9 Å². The fourth-order valence-electron chi connectivity index (χ4n) is 10.8. The standard InChI is InChI=1S/C76H138O6/c1-4-7-10-13-16-19-22-25-28-30-32-34-35-36-37-38-39-40-41-42-44-45-48-51-54-57-60-63-66-69-75(78)81-72-73(71-80-74(77)68-65-62-59-56-53-50-47-27-24-21-18-15-12-9-6-3)82-76(79)70-67-64-61-58-55-52-49-46-43-33-31-29-26-23-20-17-14-11-8-5-2/h7,10,16,19,25,27-28,32,34,47,73H,4-6,8-9,11-15,17-18,20-24,26,29-31,33,35-46,48-72H2,1-3H3/b10-7-,19-16-,28-25-,34-32-,47-27-. The highest BCUT2D eigenvalue weighted by molar-refractivity contribution is 5.71. The number of hydrogen-bond donors (Lipinski definition) is 0. The van der Waals surface area contributed by atoms with E-state index in [1.54, 1.807) is 0 Å². The molecule has 0 amide bonds. The Morgan fingerprint density at radius 3 is 0.756 bits per heavy atom. The summed E-state index contributed by atoms with van der Waals surface area (Å²) in [6.45, 7) is 6.59. The maximum Gasteiger partial charge on any atom is 0.306 e. The summed E-state index contributed by atoms with van der Waals surface area (Å²) in [5.74, 6) is -0.851. The molecule has 0 aliphatic carbocycles. The van der Waals surface area contributed by atoms with E-state index in [9.17, 15) is 14.4 Å². The summed E-state index contributed by atoms with van der Waals surface area (Å²) in [7, 11) is 0. The molecule has 0 heterocycles. The van der Waals surface area contributed by atoms with Gasteiger partial charge < -0.3 is 14.2 Å². The van der Waals surface area contributed by atoms with E-state index in [0.717, 1.165) is 89.9 Å². The van der Waals surface area contributed by atoms with Crippen molar-refractivity contribution in [1.82, 2.24) is 0 Å². The van der Waals surface area contributed by atoms with Crippen LogP contribution in [0.4, 0.5) is 0 Å². The third-order valence-electron chi connectivity index (χ3n) is 16.3. The van der Waals surface area contributed by atoms with Crippen molar-refractivity contribution in [3.8, 4) is 0 Å². The Labute approximate surface area is 510 Å². The number of ether oxygens (including phenoxy) is 3. The molecule has 0 radical (unpaired) electrons. The average molecular weight is 1150 g/mol. The van der Waals surface area contributed by atoms with Gasteiger partial charge in [0.2, 0.25) is 0 Å². The largest absolute Gasteiger partial charge is 0.462 e. The Hall–Kier alpha value is -2.89. The first-order chi connectivity index (χ1) is 40.5. The molecular formula is C76H138O6. The second kappa shape index (κ2) is 70.6. The highest BCUT2D eigenvalue weighted by Gasteiger charge is 2.19. The van der Waals surface area contributed by atoms with Crippen LogP contribution >= 0.6 is 0 Å². The number of hydrogen-bond acceptors (Lipinski definition) is 6. The average Bonchev–Trinajstić information content (AvgIpc) is 3.47. The van der Waals surface area contributed by atoms with Crippen LogP contribution in [0.15, 0.2) is 60.8 Å². The van der Waals surface area contributed by atoms with Gasteiger partial charge in [-0.05, 0) is 83.5 Å². The van der Waals surface area contributed by atoms with Crippen LogP contribution in [-0.2, 0) is 28.6 Å². The van der Waals surface area contributed by atoms with Gasteiger partial charge in [-0.1, -0.05) is 345 Å². The molecule has 478 valence electrons. The zero-order chi connectivity index (χ0) is 59.2. The number of carbonyl (C=O) groups excluding carboxylic acids is 3. The van der Waals surface area contributed by atoms with E-state index < -0.39 is 6.10 Å². The zero-order valence-corrected chi connectivity index (χ0v) is 55.0. The summed E-state index contributed by atoms with van der Waals surface area (Å²) in [5, 5.41) is 0. The van der Waals surface area contributed by atoms with Gasteiger partial charge in [-0.3, -0.25) is 14.4 Å². The van der Waals surface area contributed by atoms with Crippen molar-refractivity contribution >= 4 is 17.9 Å². The molecule has 0 aliphatic heterocycles. The van der Waals surface area contributed by atoms with Crippen molar-refractivity contribution < 1.29 is 28.6 Å². The van der Waals surface area contributed by atoms with Gasteiger partial charge in [-0.25, -0.2) is 0 Å². The van der Waals surface area contributed by atoms with Gasteiger partial charge in [-0.15, -0.1) is 0 Å². The minimum absolute atomic E-state index is 0.0712. The third kappa shape index (κ3) is 67.9. The van der Waals surface area contributed by atoms with E-state index in [-0.39, 0.29) is 31.1 Å². The quantitative estimate of drug-likeness (QED) is 0.0261. The predicted molar refractivity (Wildman–Crippen MR) is 358 cm³/mol. The molecule has 0 rings (SSSR count). The van der Waals surface area contributed by atoms with Crippen molar-refractivity contribution in [1.29, 1.82) is 0 Å². The molecular weight excluding hydrogens is 1010 g/mol. The summed E-state index contributed by atoms with van der Waals surface area (Å²) in [6, 6.07) is 0. The van der Waals surface area contributed by atoms with Crippen LogP contribution in [0.1, 0.15) is 387 Å². The van der Waals surface area contributed by atoms with Crippen molar-refractivity contribution in [3.05, 3.63) is 60.8 Å². The lowest BCUT2D eigenvalue weighted by Crippen LogP contribution is -2.30. The number of carbonyl (C=O) groups is 3. The van der Waals surface area contributed by atoms with Gasteiger partial charge in [0.1, 0.15) is 13.2 Å². The first kappa shape index (κ1) is 79.1. The van der Waals surface area contributed by atoms with E-state index in [4.69, 9.17) is 14.2 Å². The number of unbranched alkanes of at least 4 members (excludes halogenated alkanes) is 46. The molecule has 0 spiro atoms. The maximum atomic E-state index is 13.0. The lowest BCUT2D eigenvalue weighted by Gasteiger charge is -2.18. The van der Waals surface area contributed by atoms with Crippen molar-refractivity contribution in [2.24, 2.45) is 0 Å². The zero-order valence-electron chi connectivity index (χ0n) is 55.0. The van der Waals surface area contributed by atoms with Gasteiger partial charge in [0.15, 0.2) is 6.10 Å². The second-order valence-corrected chi connectivity index (χ2v) is 24.5. The molecule has 0 N–H and O–H groups in total. The van der Waals surface area contributed by atoms with Gasteiger partial charge in [0.25, 0.3) is 0 Å². The minimum atomic E-state index is -0.776. The van der Waals surface area contributed by atoms with E-state index in [0.29, 0.717) is 19.3 Å². The van der Waals surface area contributed by atoms with Gasteiger partial charge >= 0.3 is 17.9 Å². The van der Waals surface area contributed by atoms with Crippen LogP contribution in [0.3, 0.4) is 0 Å². The van der Waals surface area contributed by atoms with E-state index in [1.807, 2.05) is 0 Å². The van der Waals surface area contributed by atoms with E-state index in [2.05, 4.69) is 81.5 Å². The Morgan fingerprint density at radius 2 is 0.476 bits per heavy atom. The van der Waals surface area contributed by atoms with Crippen molar-refractivity contribution in [2.75, 3.05) is 13.2 Å². The first-order valence-corrected chi connectivity index (χ1v) is 36.3. The van der Waals surface area contributed by atoms with E-state index in [1.165, 1.54) is 257 Å². The molecule has 1 atom stereocenters. The highest BCUT2D eigenvalue weighted by atomic mass is 16.6. The summed E-state index contributed by atoms with van der Waals surface area (Å²) >= 11 is 0. The molecule has 0 bridgehead atoms. The summed E-state index contributed by atoms with van der Waals surface area (Å²) in [4.78, 5) is 38.5. The van der Waals surface area contributed by atoms with Crippen LogP contribution in [-0.4, -0.2) is 37.2 Å². The first-order valence-electron chi connectivity index (χ1n) is 36.3. The Bertz CT molecular complexity index is 1460. The van der Waals surface area contributed by atoms with Gasteiger partial charge in [0, 0.05) is 19.3 Å². The van der Waals surface area contributed by atoms with Gasteiger partial charge in [-0.2, -0.15) is 0 Å². The molecule has 82 heavy (non-hydrogen) atoms. The fraction of sp³-hybridized carbons (Fsp3) is 0.829. The third-order valence-corrected chi connectivity index (χ3v) is 16.3. The van der Waals surface area contributed by atoms with Crippen molar-refractivity contribution in [3.63, 3.8) is 0 Å². The monoisotopic (exact) mass is 1150 g/mol. The molecule has 1 unspecified atom stereocenters. The minimum Gasteiger partial charge on any atom is -0.462 e. The maximum absolute atomic E-state index is 13.0. The molecule has 0 aromatic rings. The summed E-state index contributed by atoms with van der Waals surface area (Å²) in [5.41, 5.74) is 0. The smallest absolute Gasteiger partial charge is 0.306 e. The summed E-state index contributed by atoms with van der Waals surface area (Å²) in [6.07, 6.45) is 91.1. The Morgan fingerprint density at radius 1 is 0.256 bits per heavy atom. The molecule has 0 saturated heterocycles. The SMILES string of the molecule is CC/C=C\C/C=C\C/C=C\C/C=C\CCCCCCCCCCCCCCCCCCC(=O)OCC(COC(=O)CCCCCCC/C=C\CCCCCCCC)OC(=O)CCCCCCCCCCCCCCCCCCCCCC. The van der Waals surface area contributed by atoms with Gasteiger partial charge in [0.05, 0.1) is 0 Å². The van der Waals surface area contributed by atoms with Crippen LogP contribution in [0.5, 0.6) is 0 Å². The number of rotatable bonds is 67.